The molecule has 2 heterocycles. The molecular weight excluding hydrogens is 375 g/mol. The van der Waals surface area contributed by atoms with Crippen molar-refractivity contribution in [1.82, 2.24) is 9.88 Å². The quantitative estimate of drug-likeness (QED) is 0.371. The van der Waals surface area contributed by atoms with Crippen LogP contribution in [0.25, 0.3) is 0 Å². The van der Waals surface area contributed by atoms with Crippen LogP contribution in [0.4, 0.5) is 0 Å². The van der Waals surface area contributed by atoms with E-state index < -0.39 is 0 Å². The Morgan fingerprint density at radius 2 is 2.05 bits per heavy atom. The summed E-state index contributed by atoms with van der Waals surface area (Å²) < 4.78 is 0. The number of hydrogen-bond donors (Lipinski definition) is 1. The Bertz CT molecular complexity index is 402. The van der Waals surface area contributed by atoms with Gasteiger partial charge >= 0.3 is 0 Å². The fourth-order valence-corrected chi connectivity index (χ4v) is 2.19. The number of nitrogens with zero attached hydrogens (tertiary/aromatic N) is 3. The SMILES string of the molecule is I.NC(=NCCc1ccc(Cl)nc1)N1CCCCC1. The third kappa shape index (κ3) is 5.52. The van der Waals surface area contributed by atoms with Crippen molar-refractivity contribution in [3.8, 4) is 0 Å². The molecular formula is C13H20ClIN4. The van der Waals surface area contributed by atoms with Gasteiger partial charge in [-0.1, -0.05) is 17.7 Å². The van der Waals surface area contributed by atoms with Gasteiger partial charge in [0.05, 0.1) is 0 Å². The highest BCUT2D eigenvalue weighted by Gasteiger charge is 2.11. The molecule has 0 bridgehead atoms. The van der Waals surface area contributed by atoms with Gasteiger partial charge in [-0.05, 0) is 37.3 Å². The lowest BCUT2D eigenvalue weighted by molar-refractivity contribution is 0.338. The normalized spacial score (nSPS) is 16.1. The van der Waals surface area contributed by atoms with Gasteiger partial charge in [0.1, 0.15) is 5.15 Å². The van der Waals surface area contributed by atoms with Gasteiger partial charge in [-0.3, -0.25) is 4.99 Å². The Hall–Kier alpha value is -0.560. The third-order valence-corrected chi connectivity index (χ3v) is 3.37. The standard InChI is InChI=1S/C13H19ClN4.HI/c14-12-5-4-11(10-17-12)6-7-16-13(15)18-8-2-1-3-9-18;/h4-5,10H,1-3,6-9H2,(H2,15,16);1H. The monoisotopic (exact) mass is 394 g/mol. The molecule has 0 saturated carbocycles. The van der Waals surface area contributed by atoms with E-state index >= 15 is 0 Å². The highest BCUT2D eigenvalue weighted by molar-refractivity contribution is 14.0. The summed E-state index contributed by atoms with van der Waals surface area (Å²) in [4.78, 5) is 10.6. The van der Waals surface area contributed by atoms with Crippen LogP contribution in [0.15, 0.2) is 23.3 Å². The summed E-state index contributed by atoms with van der Waals surface area (Å²) in [7, 11) is 0. The van der Waals surface area contributed by atoms with Gasteiger partial charge in [-0.15, -0.1) is 24.0 Å². The van der Waals surface area contributed by atoms with E-state index in [4.69, 9.17) is 17.3 Å². The number of rotatable bonds is 3. The van der Waals surface area contributed by atoms with E-state index in [0.717, 1.165) is 25.1 Å². The maximum Gasteiger partial charge on any atom is 0.191 e. The van der Waals surface area contributed by atoms with Gasteiger partial charge in [0.2, 0.25) is 0 Å². The Morgan fingerprint density at radius 3 is 2.68 bits per heavy atom. The maximum atomic E-state index is 5.98. The number of piperidine rings is 1. The van der Waals surface area contributed by atoms with Crippen LogP contribution in [0, 0.1) is 0 Å². The van der Waals surface area contributed by atoms with Gasteiger partial charge in [0.25, 0.3) is 0 Å². The molecule has 6 heteroatoms. The first kappa shape index (κ1) is 16.5. The molecule has 0 spiro atoms. The number of likely N-dealkylation sites (tertiary alicyclic amines) is 1. The van der Waals surface area contributed by atoms with Crippen molar-refractivity contribution in [2.45, 2.75) is 25.7 Å². The molecule has 2 rings (SSSR count). The average Bonchev–Trinajstić information content (AvgIpc) is 2.42. The van der Waals surface area contributed by atoms with Crippen molar-refractivity contribution >= 4 is 41.5 Å². The Labute approximate surface area is 136 Å². The third-order valence-electron chi connectivity index (χ3n) is 3.14. The maximum absolute atomic E-state index is 5.98. The summed E-state index contributed by atoms with van der Waals surface area (Å²) in [5, 5.41) is 0.523. The first-order chi connectivity index (χ1) is 8.75. The van der Waals surface area contributed by atoms with Crippen LogP contribution in [0.2, 0.25) is 5.15 Å². The highest BCUT2D eigenvalue weighted by atomic mass is 127. The molecule has 1 aromatic heterocycles. The van der Waals surface area contributed by atoms with E-state index in [1.165, 1.54) is 19.3 Å². The number of aromatic nitrogens is 1. The molecule has 0 amide bonds. The number of nitrogens with two attached hydrogens (primary N) is 1. The second-order valence-corrected chi connectivity index (χ2v) is 4.91. The Balaban J connectivity index is 0.00000180. The number of hydrogen-bond acceptors (Lipinski definition) is 2. The van der Waals surface area contributed by atoms with Crippen LogP contribution in [-0.4, -0.2) is 35.5 Å². The second kappa shape index (κ2) is 8.58. The van der Waals surface area contributed by atoms with E-state index in [9.17, 15) is 0 Å². The molecule has 1 aliphatic rings. The van der Waals surface area contributed by atoms with Crippen LogP contribution in [0.3, 0.4) is 0 Å². The average molecular weight is 395 g/mol. The first-order valence-corrected chi connectivity index (χ1v) is 6.79. The number of pyridine rings is 1. The minimum atomic E-state index is 0. The second-order valence-electron chi connectivity index (χ2n) is 4.53. The van der Waals surface area contributed by atoms with Crippen LogP contribution in [0.5, 0.6) is 0 Å². The van der Waals surface area contributed by atoms with Crippen LogP contribution >= 0.6 is 35.6 Å². The van der Waals surface area contributed by atoms with Crippen molar-refractivity contribution in [2.75, 3.05) is 19.6 Å². The molecule has 0 aromatic carbocycles. The van der Waals surface area contributed by atoms with Crippen molar-refractivity contribution in [2.24, 2.45) is 10.7 Å². The van der Waals surface area contributed by atoms with Crippen LogP contribution in [-0.2, 0) is 6.42 Å². The molecule has 0 atom stereocenters. The summed E-state index contributed by atoms with van der Waals surface area (Å²) in [6, 6.07) is 3.77. The molecule has 1 aliphatic heterocycles. The van der Waals surface area contributed by atoms with Crippen molar-refractivity contribution in [3.63, 3.8) is 0 Å². The molecule has 1 fully saturated rings. The van der Waals surface area contributed by atoms with Gasteiger partial charge in [-0.25, -0.2) is 4.98 Å². The summed E-state index contributed by atoms with van der Waals surface area (Å²) in [6.45, 7) is 2.78. The van der Waals surface area contributed by atoms with Crippen molar-refractivity contribution in [1.29, 1.82) is 0 Å². The lowest BCUT2D eigenvalue weighted by Gasteiger charge is -2.27. The largest absolute Gasteiger partial charge is 0.370 e. The summed E-state index contributed by atoms with van der Waals surface area (Å²) in [6.07, 6.45) is 6.38. The lowest BCUT2D eigenvalue weighted by Crippen LogP contribution is -2.41. The van der Waals surface area contributed by atoms with E-state index in [2.05, 4.69) is 14.9 Å². The highest BCUT2D eigenvalue weighted by Crippen LogP contribution is 2.08. The first-order valence-electron chi connectivity index (χ1n) is 6.41. The summed E-state index contributed by atoms with van der Waals surface area (Å²) >= 11 is 5.73. The van der Waals surface area contributed by atoms with E-state index in [-0.39, 0.29) is 24.0 Å². The Kier molecular flexibility index (Phi) is 7.45. The fourth-order valence-electron chi connectivity index (χ4n) is 2.08. The zero-order valence-corrected chi connectivity index (χ0v) is 14.0. The van der Waals surface area contributed by atoms with Gasteiger partial charge < -0.3 is 10.6 Å². The lowest BCUT2D eigenvalue weighted by atomic mass is 10.1. The molecule has 1 aromatic rings. The molecule has 0 radical (unpaired) electrons. The molecule has 1 saturated heterocycles. The Morgan fingerprint density at radius 1 is 1.32 bits per heavy atom. The van der Waals surface area contributed by atoms with Crippen LogP contribution in [0.1, 0.15) is 24.8 Å². The predicted molar refractivity (Wildman–Crippen MR) is 90.3 cm³/mol. The predicted octanol–water partition coefficient (Wildman–Crippen LogP) is 2.70. The van der Waals surface area contributed by atoms with Crippen LogP contribution < -0.4 is 5.73 Å². The number of halogens is 2. The molecule has 4 nitrogen and oxygen atoms in total. The van der Waals surface area contributed by atoms with Gasteiger partial charge in [-0.2, -0.15) is 0 Å². The van der Waals surface area contributed by atoms with E-state index in [1.54, 1.807) is 12.3 Å². The smallest absolute Gasteiger partial charge is 0.191 e. The zero-order valence-electron chi connectivity index (χ0n) is 10.9. The van der Waals surface area contributed by atoms with Crippen molar-refractivity contribution < 1.29 is 0 Å². The van der Waals surface area contributed by atoms with E-state index in [0.29, 0.717) is 17.7 Å². The van der Waals surface area contributed by atoms with E-state index in [1.807, 2.05) is 6.07 Å². The summed E-state index contributed by atoms with van der Waals surface area (Å²) in [5.41, 5.74) is 7.11. The number of aliphatic imine (C=N–C) groups is 1. The van der Waals surface area contributed by atoms with Gasteiger partial charge in [0, 0.05) is 25.8 Å². The fraction of sp³-hybridized carbons (Fsp3) is 0.538. The molecule has 2 N–H and O–H groups in total. The minimum Gasteiger partial charge on any atom is -0.370 e. The number of guanidine groups is 1. The zero-order chi connectivity index (χ0) is 12.8. The molecule has 106 valence electrons. The minimum absolute atomic E-state index is 0. The molecule has 19 heavy (non-hydrogen) atoms. The van der Waals surface area contributed by atoms with Crippen molar-refractivity contribution in [3.05, 3.63) is 29.0 Å². The summed E-state index contributed by atoms with van der Waals surface area (Å²) in [5.74, 6) is 0.677. The topological polar surface area (TPSA) is 54.5 Å². The van der Waals surface area contributed by atoms with Gasteiger partial charge in [0.15, 0.2) is 5.96 Å². The molecule has 0 aliphatic carbocycles. The molecule has 0 unspecified atom stereocenters.